The molecule has 17 heavy (non-hydrogen) atoms. The molecule has 1 unspecified atom stereocenters. The first kappa shape index (κ1) is 12.0. The number of rotatable bonds is 2. The standard InChI is InChI=1S/C13H10ClF2N/c14-10-3-1-2-8(6-10)13(17)9-4-5-11(15)12(16)7-9/h1-7,13H,17H2. The predicted molar refractivity (Wildman–Crippen MR) is 63.8 cm³/mol. The molecule has 0 fully saturated rings. The van der Waals surface area contributed by atoms with Crippen molar-refractivity contribution in [2.75, 3.05) is 0 Å². The summed E-state index contributed by atoms with van der Waals surface area (Å²) in [6, 6.07) is 10.1. The Balaban J connectivity index is 2.36. The van der Waals surface area contributed by atoms with Crippen LogP contribution in [0.25, 0.3) is 0 Å². The van der Waals surface area contributed by atoms with Gasteiger partial charge in [-0.25, -0.2) is 8.78 Å². The molecule has 4 heteroatoms. The smallest absolute Gasteiger partial charge is 0.159 e. The van der Waals surface area contributed by atoms with Crippen LogP contribution in [0.2, 0.25) is 5.02 Å². The summed E-state index contributed by atoms with van der Waals surface area (Å²) in [6.07, 6.45) is 0. The van der Waals surface area contributed by atoms with Gasteiger partial charge in [-0.2, -0.15) is 0 Å². The zero-order valence-electron chi connectivity index (χ0n) is 8.83. The second-order valence-electron chi connectivity index (χ2n) is 3.71. The third-order valence-electron chi connectivity index (χ3n) is 2.51. The third kappa shape index (κ3) is 2.62. The van der Waals surface area contributed by atoms with E-state index < -0.39 is 17.7 Å². The normalized spacial score (nSPS) is 12.5. The van der Waals surface area contributed by atoms with Gasteiger partial charge in [0.15, 0.2) is 11.6 Å². The van der Waals surface area contributed by atoms with E-state index in [0.717, 1.165) is 17.7 Å². The molecule has 0 saturated carbocycles. The molecule has 0 aromatic heterocycles. The fourth-order valence-corrected chi connectivity index (χ4v) is 1.80. The molecule has 1 atom stereocenters. The van der Waals surface area contributed by atoms with Crippen LogP contribution in [0.1, 0.15) is 17.2 Å². The Morgan fingerprint density at radius 2 is 1.65 bits per heavy atom. The van der Waals surface area contributed by atoms with E-state index in [1.165, 1.54) is 6.07 Å². The molecule has 0 spiro atoms. The van der Waals surface area contributed by atoms with Crippen molar-refractivity contribution in [2.45, 2.75) is 6.04 Å². The lowest BCUT2D eigenvalue weighted by molar-refractivity contribution is 0.506. The van der Waals surface area contributed by atoms with E-state index in [1.807, 2.05) is 0 Å². The molecular formula is C13H10ClF2N. The van der Waals surface area contributed by atoms with Gasteiger partial charge in [0.25, 0.3) is 0 Å². The molecule has 0 aliphatic heterocycles. The molecule has 0 heterocycles. The van der Waals surface area contributed by atoms with Crippen molar-refractivity contribution in [2.24, 2.45) is 5.73 Å². The van der Waals surface area contributed by atoms with E-state index in [9.17, 15) is 8.78 Å². The summed E-state index contributed by atoms with van der Waals surface area (Å²) in [5.41, 5.74) is 7.22. The van der Waals surface area contributed by atoms with Gasteiger partial charge >= 0.3 is 0 Å². The van der Waals surface area contributed by atoms with Crippen molar-refractivity contribution in [3.63, 3.8) is 0 Å². The fraction of sp³-hybridized carbons (Fsp3) is 0.0769. The van der Waals surface area contributed by atoms with Crippen LogP contribution >= 0.6 is 11.6 Å². The Labute approximate surface area is 103 Å². The van der Waals surface area contributed by atoms with Crippen LogP contribution in [-0.2, 0) is 0 Å². The van der Waals surface area contributed by atoms with Gasteiger partial charge in [0.1, 0.15) is 0 Å². The summed E-state index contributed by atoms with van der Waals surface area (Å²) in [5, 5.41) is 0.556. The second kappa shape index (κ2) is 4.82. The molecule has 0 bridgehead atoms. The van der Waals surface area contributed by atoms with Crippen LogP contribution in [-0.4, -0.2) is 0 Å². The van der Waals surface area contributed by atoms with Crippen LogP contribution in [0.4, 0.5) is 8.78 Å². The molecular weight excluding hydrogens is 244 g/mol. The molecule has 2 rings (SSSR count). The molecule has 0 aliphatic rings. The Hall–Kier alpha value is -1.45. The van der Waals surface area contributed by atoms with E-state index in [0.29, 0.717) is 10.6 Å². The Morgan fingerprint density at radius 3 is 2.29 bits per heavy atom. The lowest BCUT2D eigenvalue weighted by Crippen LogP contribution is -2.12. The first-order chi connectivity index (χ1) is 8.08. The van der Waals surface area contributed by atoms with Crippen LogP contribution in [0.3, 0.4) is 0 Å². The number of hydrogen-bond donors (Lipinski definition) is 1. The van der Waals surface area contributed by atoms with Crippen molar-refractivity contribution in [1.29, 1.82) is 0 Å². The van der Waals surface area contributed by atoms with Crippen LogP contribution < -0.4 is 5.73 Å². The lowest BCUT2D eigenvalue weighted by Gasteiger charge is -2.13. The highest BCUT2D eigenvalue weighted by Gasteiger charge is 2.11. The van der Waals surface area contributed by atoms with Gasteiger partial charge in [-0.1, -0.05) is 29.8 Å². The van der Waals surface area contributed by atoms with Gasteiger partial charge in [0.05, 0.1) is 6.04 Å². The molecule has 1 nitrogen and oxygen atoms in total. The van der Waals surface area contributed by atoms with E-state index in [2.05, 4.69) is 0 Å². The fourth-order valence-electron chi connectivity index (χ4n) is 1.60. The van der Waals surface area contributed by atoms with Crippen LogP contribution in [0, 0.1) is 11.6 Å². The number of nitrogens with two attached hydrogens (primary N) is 1. The molecule has 2 N–H and O–H groups in total. The van der Waals surface area contributed by atoms with Crippen molar-refractivity contribution < 1.29 is 8.78 Å². The Kier molecular flexibility index (Phi) is 3.41. The molecule has 0 aliphatic carbocycles. The molecule has 2 aromatic rings. The molecule has 0 radical (unpaired) electrons. The van der Waals surface area contributed by atoms with Gasteiger partial charge in [0, 0.05) is 5.02 Å². The average molecular weight is 254 g/mol. The minimum absolute atomic E-state index is 0.506. The highest BCUT2D eigenvalue weighted by Crippen LogP contribution is 2.23. The Morgan fingerprint density at radius 1 is 0.941 bits per heavy atom. The molecule has 2 aromatic carbocycles. The first-order valence-corrected chi connectivity index (χ1v) is 5.41. The zero-order chi connectivity index (χ0) is 12.4. The van der Waals surface area contributed by atoms with Gasteiger partial charge in [0.2, 0.25) is 0 Å². The van der Waals surface area contributed by atoms with Gasteiger partial charge in [-0.3, -0.25) is 0 Å². The number of halogens is 3. The maximum atomic E-state index is 13.1. The lowest BCUT2D eigenvalue weighted by atomic mass is 9.99. The quantitative estimate of drug-likeness (QED) is 0.868. The molecule has 0 saturated heterocycles. The topological polar surface area (TPSA) is 26.0 Å². The minimum Gasteiger partial charge on any atom is -0.320 e. The Bertz CT molecular complexity index is 543. The number of hydrogen-bond acceptors (Lipinski definition) is 1. The monoisotopic (exact) mass is 253 g/mol. The number of benzene rings is 2. The highest BCUT2D eigenvalue weighted by atomic mass is 35.5. The summed E-state index contributed by atoms with van der Waals surface area (Å²) in [6.45, 7) is 0. The maximum Gasteiger partial charge on any atom is 0.159 e. The third-order valence-corrected chi connectivity index (χ3v) is 2.75. The van der Waals surface area contributed by atoms with Crippen molar-refractivity contribution >= 4 is 11.6 Å². The summed E-state index contributed by atoms with van der Waals surface area (Å²) in [4.78, 5) is 0. The van der Waals surface area contributed by atoms with Crippen molar-refractivity contribution in [3.8, 4) is 0 Å². The minimum atomic E-state index is -0.903. The first-order valence-electron chi connectivity index (χ1n) is 5.04. The summed E-state index contributed by atoms with van der Waals surface area (Å²) >= 11 is 5.84. The largest absolute Gasteiger partial charge is 0.320 e. The van der Waals surface area contributed by atoms with Gasteiger partial charge in [-0.15, -0.1) is 0 Å². The summed E-state index contributed by atoms with van der Waals surface area (Å²) in [5.74, 6) is -1.79. The van der Waals surface area contributed by atoms with E-state index >= 15 is 0 Å². The van der Waals surface area contributed by atoms with E-state index in [1.54, 1.807) is 24.3 Å². The van der Waals surface area contributed by atoms with E-state index in [4.69, 9.17) is 17.3 Å². The average Bonchev–Trinajstić information content (AvgIpc) is 2.32. The second-order valence-corrected chi connectivity index (χ2v) is 4.14. The predicted octanol–water partition coefficient (Wildman–Crippen LogP) is 3.67. The molecule has 0 amide bonds. The maximum absolute atomic E-state index is 13.1. The van der Waals surface area contributed by atoms with Crippen LogP contribution in [0.5, 0.6) is 0 Å². The van der Waals surface area contributed by atoms with Crippen molar-refractivity contribution in [3.05, 3.63) is 70.2 Å². The van der Waals surface area contributed by atoms with Gasteiger partial charge in [-0.05, 0) is 35.4 Å². The van der Waals surface area contributed by atoms with Crippen LogP contribution in [0.15, 0.2) is 42.5 Å². The van der Waals surface area contributed by atoms with Gasteiger partial charge < -0.3 is 5.73 Å². The zero-order valence-corrected chi connectivity index (χ0v) is 9.59. The molecule has 88 valence electrons. The summed E-state index contributed by atoms with van der Waals surface area (Å²) < 4.78 is 25.9. The highest BCUT2D eigenvalue weighted by molar-refractivity contribution is 6.30. The van der Waals surface area contributed by atoms with E-state index in [-0.39, 0.29) is 0 Å². The summed E-state index contributed by atoms with van der Waals surface area (Å²) in [7, 11) is 0. The van der Waals surface area contributed by atoms with Crippen molar-refractivity contribution in [1.82, 2.24) is 0 Å². The SMILES string of the molecule is NC(c1cccc(Cl)c1)c1ccc(F)c(F)c1.